The molecule has 0 bridgehead atoms. The molecule has 20 heavy (non-hydrogen) atoms. The van der Waals surface area contributed by atoms with Gasteiger partial charge in [0.05, 0.1) is 23.9 Å². The summed E-state index contributed by atoms with van der Waals surface area (Å²) in [6, 6.07) is 9.05. The first-order valence-electron chi connectivity index (χ1n) is 5.99. The lowest BCUT2D eigenvalue weighted by Gasteiger charge is -2.00. The standard InChI is InChI=1S/C13H14N4O2S/c1-10-15-13(12-5-3-4-11(8-12)9-14)16-17(10)6-7-20(2,18)19/h3-5,8H,6-7H2,1-2H3. The van der Waals surface area contributed by atoms with E-state index in [0.717, 1.165) is 5.56 Å². The summed E-state index contributed by atoms with van der Waals surface area (Å²) in [6.07, 6.45) is 1.19. The van der Waals surface area contributed by atoms with Crippen LogP contribution in [0.15, 0.2) is 24.3 Å². The summed E-state index contributed by atoms with van der Waals surface area (Å²) in [5, 5.41) is 13.2. The lowest BCUT2D eigenvalue weighted by Crippen LogP contribution is -2.13. The molecule has 0 N–H and O–H groups in total. The fraction of sp³-hybridized carbons (Fsp3) is 0.308. The average molecular weight is 290 g/mol. The third kappa shape index (κ3) is 3.42. The molecular weight excluding hydrogens is 276 g/mol. The summed E-state index contributed by atoms with van der Waals surface area (Å²) in [4.78, 5) is 4.30. The number of benzene rings is 1. The predicted molar refractivity (Wildman–Crippen MR) is 74.6 cm³/mol. The van der Waals surface area contributed by atoms with E-state index in [0.29, 0.717) is 17.2 Å². The zero-order chi connectivity index (χ0) is 14.8. The average Bonchev–Trinajstić information content (AvgIpc) is 2.77. The van der Waals surface area contributed by atoms with E-state index in [1.54, 1.807) is 29.8 Å². The first-order chi connectivity index (χ1) is 9.39. The van der Waals surface area contributed by atoms with E-state index in [-0.39, 0.29) is 12.3 Å². The second-order valence-corrected chi connectivity index (χ2v) is 6.79. The van der Waals surface area contributed by atoms with E-state index >= 15 is 0 Å². The van der Waals surface area contributed by atoms with Crippen molar-refractivity contribution in [2.75, 3.05) is 12.0 Å². The molecule has 6 nitrogen and oxygen atoms in total. The number of aryl methyl sites for hydroxylation is 2. The van der Waals surface area contributed by atoms with E-state index in [2.05, 4.69) is 16.2 Å². The van der Waals surface area contributed by atoms with Gasteiger partial charge in [-0.15, -0.1) is 0 Å². The Bertz CT molecular complexity index is 772. The smallest absolute Gasteiger partial charge is 0.181 e. The summed E-state index contributed by atoms with van der Waals surface area (Å²) < 4.78 is 23.9. The lowest BCUT2D eigenvalue weighted by atomic mass is 10.1. The van der Waals surface area contributed by atoms with Gasteiger partial charge >= 0.3 is 0 Å². The second kappa shape index (κ2) is 5.43. The summed E-state index contributed by atoms with van der Waals surface area (Å²) in [7, 11) is -3.04. The predicted octanol–water partition coefficient (Wildman–Crippen LogP) is 1.17. The highest BCUT2D eigenvalue weighted by molar-refractivity contribution is 7.90. The van der Waals surface area contributed by atoms with Crippen LogP contribution in [0.25, 0.3) is 11.4 Å². The number of hydrogen-bond acceptors (Lipinski definition) is 5. The highest BCUT2D eigenvalue weighted by atomic mass is 32.2. The lowest BCUT2D eigenvalue weighted by molar-refractivity contribution is 0.582. The van der Waals surface area contributed by atoms with Crippen molar-refractivity contribution in [1.29, 1.82) is 5.26 Å². The molecule has 0 spiro atoms. The van der Waals surface area contributed by atoms with Crippen molar-refractivity contribution in [1.82, 2.24) is 14.8 Å². The molecule has 7 heteroatoms. The minimum Gasteiger partial charge on any atom is -0.249 e. The van der Waals surface area contributed by atoms with Gasteiger partial charge in [0.1, 0.15) is 15.7 Å². The van der Waals surface area contributed by atoms with Gasteiger partial charge in [-0.1, -0.05) is 12.1 Å². The SMILES string of the molecule is Cc1nc(-c2cccc(C#N)c2)nn1CCS(C)(=O)=O. The van der Waals surface area contributed by atoms with Crippen LogP contribution >= 0.6 is 0 Å². The van der Waals surface area contributed by atoms with E-state index in [1.807, 2.05) is 6.07 Å². The van der Waals surface area contributed by atoms with Crippen LogP contribution in [0, 0.1) is 18.3 Å². The summed E-state index contributed by atoms with van der Waals surface area (Å²) in [5.74, 6) is 1.16. The molecule has 0 saturated heterocycles. The molecule has 0 unspecified atom stereocenters. The Morgan fingerprint density at radius 3 is 2.80 bits per heavy atom. The Morgan fingerprint density at radius 2 is 2.15 bits per heavy atom. The summed E-state index contributed by atoms with van der Waals surface area (Å²) >= 11 is 0. The van der Waals surface area contributed by atoms with Crippen molar-refractivity contribution in [3.8, 4) is 17.5 Å². The highest BCUT2D eigenvalue weighted by Crippen LogP contribution is 2.17. The molecule has 1 aromatic heterocycles. The first-order valence-corrected chi connectivity index (χ1v) is 8.05. The number of aromatic nitrogens is 3. The molecule has 0 atom stereocenters. The minimum absolute atomic E-state index is 0.0227. The Hall–Kier alpha value is -2.20. The number of nitriles is 1. The van der Waals surface area contributed by atoms with Gasteiger partial charge < -0.3 is 0 Å². The van der Waals surface area contributed by atoms with E-state index in [1.165, 1.54) is 6.26 Å². The van der Waals surface area contributed by atoms with Crippen molar-refractivity contribution >= 4 is 9.84 Å². The molecule has 2 aromatic rings. The van der Waals surface area contributed by atoms with Gasteiger partial charge in [-0.05, 0) is 19.1 Å². The topological polar surface area (TPSA) is 88.6 Å². The fourth-order valence-corrected chi connectivity index (χ4v) is 2.24. The van der Waals surface area contributed by atoms with Gasteiger partial charge in [-0.3, -0.25) is 0 Å². The van der Waals surface area contributed by atoms with E-state index in [4.69, 9.17) is 5.26 Å². The number of hydrogen-bond donors (Lipinski definition) is 0. The van der Waals surface area contributed by atoms with Crippen LogP contribution in [0.3, 0.4) is 0 Å². The molecule has 2 rings (SSSR count). The van der Waals surface area contributed by atoms with Crippen LogP contribution in [0.1, 0.15) is 11.4 Å². The van der Waals surface area contributed by atoms with Crippen LogP contribution in [0.5, 0.6) is 0 Å². The van der Waals surface area contributed by atoms with Crippen molar-refractivity contribution in [2.45, 2.75) is 13.5 Å². The third-order valence-corrected chi connectivity index (χ3v) is 3.70. The van der Waals surface area contributed by atoms with Crippen molar-refractivity contribution < 1.29 is 8.42 Å². The van der Waals surface area contributed by atoms with Crippen molar-refractivity contribution in [3.05, 3.63) is 35.7 Å². The van der Waals surface area contributed by atoms with Gasteiger partial charge in [-0.25, -0.2) is 18.1 Å². The fourth-order valence-electron chi connectivity index (χ4n) is 1.73. The number of nitrogens with zero attached hydrogens (tertiary/aromatic N) is 4. The maximum absolute atomic E-state index is 11.2. The quantitative estimate of drug-likeness (QED) is 0.843. The Kier molecular flexibility index (Phi) is 3.86. The first kappa shape index (κ1) is 14.2. The monoisotopic (exact) mass is 290 g/mol. The molecular formula is C13H14N4O2S. The molecule has 0 radical (unpaired) electrons. The second-order valence-electron chi connectivity index (χ2n) is 4.53. The number of sulfone groups is 1. The maximum atomic E-state index is 11.2. The van der Waals surface area contributed by atoms with Gasteiger partial charge in [0.15, 0.2) is 5.82 Å². The molecule has 1 aromatic carbocycles. The molecule has 0 aliphatic carbocycles. The molecule has 0 aliphatic heterocycles. The Morgan fingerprint density at radius 1 is 1.40 bits per heavy atom. The van der Waals surface area contributed by atoms with E-state index < -0.39 is 9.84 Å². The van der Waals surface area contributed by atoms with Crippen LogP contribution in [-0.4, -0.2) is 35.2 Å². The van der Waals surface area contributed by atoms with Gasteiger partial charge in [0.25, 0.3) is 0 Å². The molecule has 0 aliphatic rings. The number of rotatable bonds is 4. The zero-order valence-electron chi connectivity index (χ0n) is 11.2. The summed E-state index contributed by atoms with van der Waals surface area (Å²) in [5.41, 5.74) is 1.28. The van der Waals surface area contributed by atoms with Crippen molar-refractivity contribution in [2.24, 2.45) is 0 Å². The van der Waals surface area contributed by atoms with Gasteiger partial charge in [-0.2, -0.15) is 10.4 Å². The highest BCUT2D eigenvalue weighted by Gasteiger charge is 2.11. The van der Waals surface area contributed by atoms with Crippen LogP contribution < -0.4 is 0 Å². The third-order valence-electron chi connectivity index (χ3n) is 2.78. The molecule has 0 saturated carbocycles. The normalized spacial score (nSPS) is 11.2. The van der Waals surface area contributed by atoms with Gasteiger partial charge in [0, 0.05) is 11.8 Å². The Labute approximate surface area is 117 Å². The molecule has 0 amide bonds. The minimum atomic E-state index is -3.04. The Balaban J connectivity index is 2.29. The summed E-state index contributed by atoms with van der Waals surface area (Å²) in [6.45, 7) is 2.04. The molecule has 1 heterocycles. The molecule has 0 fully saturated rings. The largest absolute Gasteiger partial charge is 0.249 e. The van der Waals surface area contributed by atoms with E-state index in [9.17, 15) is 8.42 Å². The van der Waals surface area contributed by atoms with Gasteiger partial charge in [0.2, 0.25) is 0 Å². The van der Waals surface area contributed by atoms with Crippen molar-refractivity contribution in [3.63, 3.8) is 0 Å². The molecule has 104 valence electrons. The maximum Gasteiger partial charge on any atom is 0.181 e. The zero-order valence-corrected chi connectivity index (χ0v) is 12.1. The van der Waals surface area contributed by atoms with Crippen LogP contribution in [-0.2, 0) is 16.4 Å². The van der Waals surface area contributed by atoms with Crippen LogP contribution in [0.4, 0.5) is 0 Å². The van der Waals surface area contributed by atoms with Crippen LogP contribution in [0.2, 0.25) is 0 Å².